The van der Waals surface area contributed by atoms with E-state index in [1.165, 1.54) is 5.01 Å². The number of methoxy groups -OCH3 is 2. The minimum absolute atomic E-state index is 0.114. The van der Waals surface area contributed by atoms with Crippen LogP contribution in [-0.4, -0.2) is 43.3 Å². The molecule has 8 heteroatoms. The Morgan fingerprint density at radius 3 is 2.39 bits per heavy atom. The van der Waals surface area contributed by atoms with E-state index in [-0.39, 0.29) is 12.3 Å². The Balaban J connectivity index is 1.74. The standard InChI is InChI=1S/C20H20BrN3O4/c1-27-17-9-14(15(21)11-18(17)28-2)10-19(25)24-8-7-16(23-24)12-3-5-13(6-4-12)20(22)26/h3-6,9,11H,7-8,10H2,1-2H3,(H2,22,26). The molecule has 0 saturated carbocycles. The highest BCUT2D eigenvalue weighted by atomic mass is 79.9. The van der Waals surface area contributed by atoms with Crippen LogP contribution in [0.1, 0.15) is 27.9 Å². The van der Waals surface area contributed by atoms with Gasteiger partial charge in [-0.1, -0.05) is 28.1 Å². The number of benzene rings is 2. The molecule has 2 N–H and O–H groups in total. The van der Waals surface area contributed by atoms with E-state index >= 15 is 0 Å². The molecule has 28 heavy (non-hydrogen) atoms. The molecule has 2 aromatic carbocycles. The van der Waals surface area contributed by atoms with Crippen LogP contribution in [-0.2, 0) is 11.2 Å². The van der Waals surface area contributed by atoms with Crippen LogP contribution in [0.2, 0.25) is 0 Å². The predicted octanol–water partition coefficient (Wildman–Crippen LogP) is 2.74. The summed E-state index contributed by atoms with van der Waals surface area (Å²) in [5, 5.41) is 5.92. The molecule has 3 rings (SSSR count). The largest absolute Gasteiger partial charge is 0.493 e. The molecule has 1 aliphatic heterocycles. The number of hydrogen-bond donors (Lipinski definition) is 1. The van der Waals surface area contributed by atoms with Crippen molar-refractivity contribution in [3.8, 4) is 11.5 Å². The van der Waals surface area contributed by atoms with E-state index < -0.39 is 5.91 Å². The molecule has 0 unspecified atom stereocenters. The van der Waals surface area contributed by atoms with Gasteiger partial charge in [0.15, 0.2) is 11.5 Å². The molecule has 0 atom stereocenters. The maximum absolute atomic E-state index is 12.7. The average Bonchev–Trinajstić information content (AvgIpc) is 3.19. The summed E-state index contributed by atoms with van der Waals surface area (Å²) in [6.45, 7) is 0.511. The van der Waals surface area contributed by atoms with Crippen molar-refractivity contribution in [1.29, 1.82) is 0 Å². The van der Waals surface area contributed by atoms with E-state index in [0.717, 1.165) is 21.3 Å². The number of primary amides is 1. The Labute approximate surface area is 171 Å². The zero-order valence-corrected chi connectivity index (χ0v) is 17.2. The zero-order valence-electron chi connectivity index (χ0n) is 15.6. The van der Waals surface area contributed by atoms with Crippen molar-refractivity contribution in [2.45, 2.75) is 12.8 Å². The third-order valence-electron chi connectivity index (χ3n) is 4.49. The van der Waals surface area contributed by atoms with Crippen LogP contribution in [0.3, 0.4) is 0 Å². The Morgan fingerprint density at radius 1 is 1.14 bits per heavy atom. The Kier molecular flexibility index (Phi) is 5.99. The van der Waals surface area contributed by atoms with Gasteiger partial charge >= 0.3 is 0 Å². The van der Waals surface area contributed by atoms with Crippen LogP contribution in [0.15, 0.2) is 46.0 Å². The van der Waals surface area contributed by atoms with Gasteiger partial charge in [0.2, 0.25) is 11.8 Å². The Hall–Kier alpha value is -2.87. The summed E-state index contributed by atoms with van der Waals surface area (Å²) in [4.78, 5) is 23.9. The monoisotopic (exact) mass is 445 g/mol. The molecule has 2 aromatic rings. The van der Waals surface area contributed by atoms with E-state index in [0.29, 0.717) is 30.0 Å². The second kappa shape index (κ2) is 8.43. The summed E-state index contributed by atoms with van der Waals surface area (Å²) in [5.41, 5.74) is 8.16. The molecule has 7 nitrogen and oxygen atoms in total. The van der Waals surface area contributed by atoms with Gasteiger partial charge in [-0.05, 0) is 35.4 Å². The molecule has 0 radical (unpaired) electrons. The number of rotatable bonds is 6. The topological polar surface area (TPSA) is 94.2 Å². The van der Waals surface area contributed by atoms with Crippen molar-refractivity contribution in [2.24, 2.45) is 10.8 Å². The van der Waals surface area contributed by atoms with E-state index in [9.17, 15) is 9.59 Å². The minimum Gasteiger partial charge on any atom is -0.493 e. The number of hydrogen-bond acceptors (Lipinski definition) is 5. The molecule has 1 aliphatic rings. The summed E-state index contributed by atoms with van der Waals surface area (Å²) >= 11 is 3.48. The first kappa shape index (κ1) is 19.9. The molecule has 0 spiro atoms. The highest BCUT2D eigenvalue weighted by molar-refractivity contribution is 9.10. The molecule has 0 saturated heterocycles. The number of halogens is 1. The van der Waals surface area contributed by atoms with Crippen molar-refractivity contribution < 1.29 is 19.1 Å². The zero-order chi connectivity index (χ0) is 20.3. The number of amides is 2. The summed E-state index contributed by atoms with van der Waals surface area (Å²) < 4.78 is 11.3. The second-order valence-corrected chi connectivity index (χ2v) is 7.08. The van der Waals surface area contributed by atoms with Gasteiger partial charge < -0.3 is 15.2 Å². The Bertz CT molecular complexity index is 941. The van der Waals surface area contributed by atoms with Gasteiger partial charge in [-0.25, -0.2) is 5.01 Å². The third-order valence-corrected chi connectivity index (χ3v) is 5.22. The van der Waals surface area contributed by atoms with E-state index in [1.54, 1.807) is 50.6 Å². The number of ether oxygens (including phenoxy) is 2. The lowest BCUT2D eigenvalue weighted by Gasteiger charge is -2.14. The quantitative estimate of drug-likeness (QED) is 0.739. The van der Waals surface area contributed by atoms with Gasteiger partial charge in [0.05, 0.1) is 32.9 Å². The normalized spacial score (nSPS) is 13.2. The fourth-order valence-electron chi connectivity index (χ4n) is 2.95. The van der Waals surface area contributed by atoms with Gasteiger partial charge in [0.1, 0.15) is 0 Å². The number of carbonyl (C=O) groups excluding carboxylic acids is 2. The summed E-state index contributed by atoms with van der Waals surface area (Å²) in [7, 11) is 3.11. The molecule has 0 bridgehead atoms. The van der Waals surface area contributed by atoms with E-state index in [1.807, 2.05) is 0 Å². The second-order valence-electron chi connectivity index (χ2n) is 6.23. The molecular formula is C20H20BrN3O4. The molecule has 146 valence electrons. The molecule has 0 aromatic heterocycles. The van der Waals surface area contributed by atoms with Gasteiger partial charge in [-0.3, -0.25) is 9.59 Å². The number of carbonyl (C=O) groups is 2. The number of nitrogens with two attached hydrogens (primary N) is 1. The third kappa shape index (κ3) is 4.17. The summed E-state index contributed by atoms with van der Waals surface area (Å²) in [5.74, 6) is 0.564. The van der Waals surface area contributed by atoms with Crippen molar-refractivity contribution in [1.82, 2.24) is 5.01 Å². The van der Waals surface area contributed by atoms with Crippen LogP contribution >= 0.6 is 15.9 Å². The van der Waals surface area contributed by atoms with Crippen molar-refractivity contribution in [2.75, 3.05) is 20.8 Å². The van der Waals surface area contributed by atoms with Crippen molar-refractivity contribution in [3.05, 3.63) is 57.6 Å². The molecule has 1 heterocycles. The maximum atomic E-state index is 12.7. The van der Waals surface area contributed by atoms with E-state index in [4.69, 9.17) is 15.2 Å². The highest BCUT2D eigenvalue weighted by Crippen LogP contribution is 2.33. The van der Waals surface area contributed by atoms with Crippen LogP contribution in [0.4, 0.5) is 0 Å². The Morgan fingerprint density at radius 2 is 1.79 bits per heavy atom. The highest BCUT2D eigenvalue weighted by Gasteiger charge is 2.23. The van der Waals surface area contributed by atoms with Crippen LogP contribution in [0.5, 0.6) is 11.5 Å². The van der Waals surface area contributed by atoms with E-state index in [2.05, 4.69) is 21.0 Å². The lowest BCUT2D eigenvalue weighted by atomic mass is 10.1. The number of nitrogens with zero attached hydrogens (tertiary/aromatic N) is 2. The van der Waals surface area contributed by atoms with Crippen LogP contribution in [0, 0.1) is 0 Å². The smallest absolute Gasteiger partial charge is 0.248 e. The maximum Gasteiger partial charge on any atom is 0.248 e. The van der Waals surface area contributed by atoms with Crippen molar-refractivity contribution in [3.63, 3.8) is 0 Å². The average molecular weight is 446 g/mol. The van der Waals surface area contributed by atoms with Gasteiger partial charge in [-0.2, -0.15) is 5.10 Å². The molecule has 2 amide bonds. The molecular weight excluding hydrogens is 426 g/mol. The van der Waals surface area contributed by atoms with Crippen molar-refractivity contribution >= 4 is 33.5 Å². The lowest BCUT2D eigenvalue weighted by Crippen LogP contribution is -2.25. The first-order valence-corrected chi connectivity index (χ1v) is 9.40. The van der Waals surface area contributed by atoms with Gasteiger partial charge in [0, 0.05) is 16.5 Å². The fraction of sp³-hybridized carbons (Fsp3) is 0.250. The summed E-state index contributed by atoms with van der Waals surface area (Å²) in [6.07, 6.45) is 0.826. The summed E-state index contributed by atoms with van der Waals surface area (Å²) in [6, 6.07) is 10.5. The van der Waals surface area contributed by atoms with Crippen LogP contribution in [0.25, 0.3) is 0 Å². The SMILES string of the molecule is COc1cc(Br)c(CC(=O)N2CCC(c3ccc(C(N)=O)cc3)=N2)cc1OC. The van der Waals surface area contributed by atoms with Gasteiger partial charge in [0.25, 0.3) is 0 Å². The first-order chi connectivity index (χ1) is 13.4. The molecule has 0 fully saturated rings. The lowest BCUT2D eigenvalue weighted by molar-refractivity contribution is -0.130. The minimum atomic E-state index is -0.475. The fourth-order valence-corrected chi connectivity index (χ4v) is 3.42. The van der Waals surface area contributed by atoms with Crippen LogP contribution < -0.4 is 15.2 Å². The van der Waals surface area contributed by atoms with Gasteiger partial charge in [-0.15, -0.1) is 0 Å². The first-order valence-electron chi connectivity index (χ1n) is 8.61. The number of hydrazone groups is 1. The predicted molar refractivity (Wildman–Crippen MR) is 109 cm³/mol. The molecule has 0 aliphatic carbocycles.